The normalized spacial score (nSPS) is 22.1. The molecule has 0 unspecified atom stereocenters. The van der Waals surface area contributed by atoms with Crippen LogP contribution in [0.3, 0.4) is 0 Å². The summed E-state index contributed by atoms with van der Waals surface area (Å²) in [6.07, 6.45) is 3.42. The second-order valence-electron chi connectivity index (χ2n) is 6.04. The molecule has 1 saturated heterocycles. The first-order valence-electron chi connectivity index (χ1n) is 7.50. The highest BCUT2D eigenvalue weighted by Crippen LogP contribution is 2.49. The van der Waals surface area contributed by atoms with Crippen molar-refractivity contribution in [3.63, 3.8) is 0 Å². The van der Waals surface area contributed by atoms with Gasteiger partial charge in [0.25, 0.3) is 0 Å². The summed E-state index contributed by atoms with van der Waals surface area (Å²) < 4.78 is 0. The second-order valence-corrected chi connectivity index (χ2v) is 6.04. The lowest BCUT2D eigenvalue weighted by atomic mass is 9.91. The third-order valence-corrected chi connectivity index (χ3v) is 4.80. The van der Waals surface area contributed by atoms with E-state index in [0.29, 0.717) is 13.1 Å². The van der Waals surface area contributed by atoms with Crippen LogP contribution >= 0.6 is 0 Å². The maximum absolute atomic E-state index is 12.8. The van der Waals surface area contributed by atoms with Gasteiger partial charge in [-0.05, 0) is 31.2 Å². The maximum Gasteiger partial charge on any atom is 0.233 e. The van der Waals surface area contributed by atoms with Crippen LogP contribution in [0.2, 0.25) is 0 Å². The molecule has 5 heteroatoms. The minimum Gasteiger partial charge on any atom is -0.409 e. The van der Waals surface area contributed by atoms with Gasteiger partial charge in [-0.3, -0.25) is 4.79 Å². The number of likely N-dealkylation sites (tertiary alicyclic amines) is 1. The SMILES string of the molecule is NC(=NO)C1CCN(C(=O)C2(c3ccccc3)CC2)CC1. The summed E-state index contributed by atoms with van der Waals surface area (Å²) in [6, 6.07) is 10.1. The third kappa shape index (κ3) is 2.48. The molecule has 21 heavy (non-hydrogen) atoms. The standard InChI is InChI=1S/C16H21N3O2/c17-14(18-21)12-6-10-19(11-7-12)15(20)16(8-9-16)13-4-2-1-3-5-13/h1-5,12,21H,6-11H2,(H2,17,18). The number of hydrogen-bond donors (Lipinski definition) is 2. The Morgan fingerprint density at radius 2 is 1.86 bits per heavy atom. The van der Waals surface area contributed by atoms with E-state index >= 15 is 0 Å². The molecule has 1 amide bonds. The van der Waals surface area contributed by atoms with Crippen LogP contribution in [0.1, 0.15) is 31.2 Å². The fraction of sp³-hybridized carbons (Fsp3) is 0.500. The van der Waals surface area contributed by atoms with Gasteiger partial charge in [-0.15, -0.1) is 0 Å². The van der Waals surface area contributed by atoms with Gasteiger partial charge < -0.3 is 15.8 Å². The number of carbonyl (C=O) groups is 1. The molecule has 1 saturated carbocycles. The lowest BCUT2D eigenvalue weighted by molar-refractivity contribution is -0.135. The average Bonchev–Trinajstić information content (AvgIpc) is 3.36. The lowest BCUT2D eigenvalue weighted by Crippen LogP contribution is -2.46. The Balaban J connectivity index is 1.68. The summed E-state index contributed by atoms with van der Waals surface area (Å²) >= 11 is 0. The Morgan fingerprint density at radius 1 is 1.24 bits per heavy atom. The number of benzene rings is 1. The van der Waals surface area contributed by atoms with Crippen molar-refractivity contribution < 1.29 is 10.0 Å². The zero-order valence-electron chi connectivity index (χ0n) is 12.0. The number of rotatable bonds is 3. The van der Waals surface area contributed by atoms with E-state index in [1.807, 2.05) is 35.2 Å². The van der Waals surface area contributed by atoms with E-state index in [2.05, 4.69) is 5.16 Å². The van der Waals surface area contributed by atoms with Crippen LogP contribution in [0, 0.1) is 5.92 Å². The first kappa shape index (κ1) is 13.9. The van der Waals surface area contributed by atoms with E-state index in [4.69, 9.17) is 10.9 Å². The van der Waals surface area contributed by atoms with Gasteiger partial charge in [0.15, 0.2) is 0 Å². The van der Waals surface area contributed by atoms with Crippen molar-refractivity contribution in [2.45, 2.75) is 31.1 Å². The predicted octanol–water partition coefficient (Wildman–Crippen LogP) is 1.70. The van der Waals surface area contributed by atoms with Crippen LogP contribution in [-0.4, -0.2) is 34.9 Å². The summed E-state index contributed by atoms with van der Waals surface area (Å²) in [5.74, 6) is 0.615. The summed E-state index contributed by atoms with van der Waals surface area (Å²) in [4.78, 5) is 14.8. The summed E-state index contributed by atoms with van der Waals surface area (Å²) in [6.45, 7) is 1.38. The number of carbonyl (C=O) groups excluding carboxylic acids is 1. The number of piperidine rings is 1. The monoisotopic (exact) mass is 287 g/mol. The summed E-state index contributed by atoms with van der Waals surface area (Å²) in [5, 5.41) is 11.8. The molecule has 5 nitrogen and oxygen atoms in total. The Morgan fingerprint density at radius 3 is 2.38 bits per heavy atom. The Hall–Kier alpha value is -2.04. The van der Waals surface area contributed by atoms with Crippen LogP contribution < -0.4 is 5.73 Å². The Kier molecular flexibility index (Phi) is 3.57. The molecule has 0 spiro atoms. The van der Waals surface area contributed by atoms with Gasteiger partial charge in [0.2, 0.25) is 5.91 Å². The fourth-order valence-electron chi connectivity index (χ4n) is 3.27. The highest BCUT2D eigenvalue weighted by atomic mass is 16.4. The highest BCUT2D eigenvalue weighted by molar-refractivity contribution is 5.91. The molecular formula is C16H21N3O2. The number of oxime groups is 1. The van der Waals surface area contributed by atoms with Crippen LogP contribution in [0.4, 0.5) is 0 Å². The smallest absolute Gasteiger partial charge is 0.233 e. The molecule has 0 bridgehead atoms. The van der Waals surface area contributed by atoms with Crippen LogP contribution in [0.5, 0.6) is 0 Å². The molecular weight excluding hydrogens is 266 g/mol. The van der Waals surface area contributed by atoms with Crippen molar-refractivity contribution in [1.82, 2.24) is 4.90 Å². The van der Waals surface area contributed by atoms with E-state index in [9.17, 15) is 4.79 Å². The molecule has 112 valence electrons. The van der Waals surface area contributed by atoms with E-state index in [1.165, 1.54) is 0 Å². The zero-order valence-corrected chi connectivity index (χ0v) is 12.0. The maximum atomic E-state index is 12.8. The molecule has 3 rings (SSSR count). The molecule has 0 aromatic heterocycles. The molecule has 1 aliphatic carbocycles. The number of nitrogens with two attached hydrogens (primary N) is 1. The van der Waals surface area contributed by atoms with Crippen molar-refractivity contribution in [3.8, 4) is 0 Å². The fourth-order valence-corrected chi connectivity index (χ4v) is 3.27. The van der Waals surface area contributed by atoms with Gasteiger partial charge in [-0.25, -0.2) is 0 Å². The van der Waals surface area contributed by atoms with Gasteiger partial charge in [0.1, 0.15) is 5.84 Å². The molecule has 3 N–H and O–H groups in total. The van der Waals surface area contributed by atoms with Gasteiger partial charge >= 0.3 is 0 Å². The quantitative estimate of drug-likeness (QED) is 0.384. The van der Waals surface area contributed by atoms with Crippen molar-refractivity contribution >= 4 is 11.7 Å². The molecule has 2 aliphatic rings. The summed E-state index contributed by atoms with van der Waals surface area (Å²) in [7, 11) is 0. The minimum atomic E-state index is -0.287. The summed E-state index contributed by atoms with van der Waals surface area (Å²) in [5.41, 5.74) is 6.50. The number of hydrogen-bond acceptors (Lipinski definition) is 3. The first-order chi connectivity index (χ1) is 10.2. The largest absolute Gasteiger partial charge is 0.409 e. The van der Waals surface area contributed by atoms with Gasteiger partial charge in [-0.2, -0.15) is 0 Å². The number of amides is 1. The minimum absolute atomic E-state index is 0.0888. The van der Waals surface area contributed by atoms with E-state index in [-0.39, 0.29) is 23.1 Å². The van der Waals surface area contributed by atoms with Crippen LogP contribution in [0.15, 0.2) is 35.5 Å². The number of nitrogens with zero attached hydrogens (tertiary/aromatic N) is 2. The van der Waals surface area contributed by atoms with Crippen molar-refractivity contribution in [3.05, 3.63) is 35.9 Å². The van der Waals surface area contributed by atoms with E-state index in [0.717, 1.165) is 31.2 Å². The van der Waals surface area contributed by atoms with Gasteiger partial charge in [0, 0.05) is 19.0 Å². The average molecular weight is 287 g/mol. The topological polar surface area (TPSA) is 78.9 Å². The zero-order chi connectivity index (χ0) is 14.9. The number of amidine groups is 1. The Bertz CT molecular complexity index is 544. The van der Waals surface area contributed by atoms with Crippen molar-refractivity contribution in [2.24, 2.45) is 16.8 Å². The first-order valence-corrected chi connectivity index (χ1v) is 7.50. The predicted molar refractivity (Wildman–Crippen MR) is 80.1 cm³/mol. The molecule has 1 aromatic carbocycles. The molecule has 1 aromatic rings. The van der Waals surface area contributed by atoms with E-state index in [1.54, 1.807) is 0 Å². The van der Waals surface area contributed by atoms with Crippen LogP contribution in [-0.2, 0) is 10.2 Å². The third-order valence-electron chi connectivity index (χ3n) is 4.80. The van der Waals surface area contributed by atoms with Gasteiger partial charge in [-0.1, -0.05) is 35.5 Å². The molecule has 2 fully saturated rings. The van der Waals surface area contributed by atoms with Gasteiger partial charge in [0.05, 0.1) is 5.41 Å². The molecule has 1 heterocycles. The van der Waals surface area contributed by atoms with Crippen molar-refractivity contribution in [1.29, 1.82) is 0 Å². The van der Waals surface area contributed by atoms with E-state index < -0.39 is 0 Å². The molecule has 1 aliphatic heterocycles. The van der Waals surface area contributed by atoms with Crippen LogP contribution in [0.25, 0.3) is 0 Å². The molecule has 0 atom stereocenters. The lowest BCUT2D eigenvalue weighted by Gasteiger charge is -2.34. The van der Waals surface area contributed by atoms with Crippen molar-refractivity contribution in [2.75, 3.05) is 13.1 Å². The second kappa shape index (κ2) is 5.39. The Labute approximate surface area is 124 Å². The molecule has 0 radical (unpaired) electrons. The highest BCUT2D eigenvalue weighted by Gasteiger charge is 2.53.